The lowest BCUT2D eigenvalue weighted by Crippen LogP contribution is -2.36. The van der Waals surface area contributed by atoms with Crippen LogP contribution in [0.1, 0.15) is 23.1 Å². The first-order valence-corrected chi connectivity index (χ1v) is 10.1. The maximum absolute atomic E-state index is 13.2. The number of aromatic nitrogens is 1. The van der Waals surface area contributed by atoms with Crippen molar-refractivity contribution in [1.29, 1.82) is 5.26 Å². The van der Waals surface area contributed by atoms with E-state index in [9.17, 15) is 28.0 Å². The number of aliphatic carboxylic acids is 1. The Kier molecular flexibility index (Phi) is 5.68. The van der Waals surface area contributed by atoms with Crippen LogP contribution in [-0.2, 0) is 28.7 Å². The van der Waals surface area contributed by atoms with E-state index in [4.69, 9.17) is 5.11 Å². The number of hydrogen-bond donors (Lipinski definition) is 1. The van der Waals surface area contributed by atoms with Crippen LogP contribution in [0.15, 0.2) is 54.2 Å². The number of para-hydroxylation sites is 1. The highest BCUT2D eigenvalue weighted by Gasteiger charge is 2.33. The molecule has 4 rings (SSSR count). The van der Waals surface area contributed by atoms with Gasteiger partial charge in [0.05, 0.1) is 5.56 Å². The highest BCUT2D eigenvalue weighted by atomic mass is 19.4. The van der Waals surface area contributed by atoms with Crippen molar-refractivity contribution in [2.45, 2.75) is 25.6 Å². The molecule has 33 heavy (non-hydrogen) atoms. The summed E-state index contributed by atoms with van der Waals surface area (Å²) in [6, 6.07) is 12.1. The van der Waals surface area contributed by atoms with Gasteiger partial charge in [-0.3, -0.25) is 9.59 Å². The number of nitrogens with zero attached hydrogens (tertiary/aromatic N) is 3. The lowest BCUT2D eigenvalue weighted by atomic mass is 9.98. The van der Waals surface area contributed by atoms with E-state index in [-0.39, 0.29) is 24.4 Å². The quantitative estimate of drug-likeness (QED) is 0.461. The summed E-state index contributed by atoms with van der Waals surface area (Å²) in [5.41, 5.74) is 0.735. The second kappa shape index (κ2) is 8.47. The van der Waals surface area contributed by atoms with Crippen LogP contribution in [0, 0.1) is 11.3 Å². The Balaban J connectivity index is 1.76. The topological polar surface area (TPSA) is 86.3 Å². The van der Waals surface area contributed by atoms with Crippen LogP contribution in [0.3, 0.4) is 0 Å². The minimum atomic E-state index is -4.55. The van der Waals surface area contributed by atoms with E-state index in [1.165, 1.54) is 27.8 Å². The molecular formula is C24H18F3N3O3. The molecule has 1 aliphatic heterocycles. The number of aryl methyl sites for hydroxylation is 1. The van der Waals surface area contributed by atoms with Gasteiger partial charge in [0.25, 0.3) is 5.91 Å². The summed E-state index contributed by atoms with van der Waals surface area (Å²) in [5.74, 6) is -1.75. The molecular weight excluding hydrogens is 435 g/mol. The molecule has 1 amide bonds. The van der Waals surface area contributed by atoms with Crippen molar-refractivity contribution >= 4 is 34.5 Å². The second-order valence-corrected chi connectivity index (χ2v) is 7.69. The molecule has 2 heterocycles. The minimum absolute atomic E-state index is 0.149. The largest absolute Gasteiger partial charge is 0.480 e. The van der Waals surface area contributed by atoms with E-state index in [1.54, 1.807) is 24.3 Å². The van der Waals surface area contributed by atoms with Gasteiger partial charge in [-0.25, -0.2) is 0 Å². The number of amides is 1. The Bertz CT molecular complexity index is 1330. The van der Waals surface area contributed by atoms with E-state index in [1.807, 2.05) is 6.07 Å². The number of anilines is 1. The third kappa shape index (κ3) is 4.32. The second-order valence-electron chi connectivity index (χ2n) is 7.69. The number of hydrogen-bond acceptors (Lipinski definition) is 3. The number of carboxylic acid groups (broad SMARTS) is 1. The fourth-order valence-electron chi connectivity index (χ4n) is 4.07. The van der Waals surface area contributed by atoms with Crippen molar-refractivity contribution in [2.75, 3.05) is 11.4 Å². The third-order valence-corrected chi connectivity index (χ3v) is 5.55. The zero-order valence-corrected chi connectivity index (χ0v) is 17.3. The molecule has 0 aliphatic carbocycles. The molecule has 0 saturated heterocycles. The molecule has 6 nitrogen and oxygen atoms in total. The average molecular weight is 453 g/mol. The Labute approximate surface area is 186 Å². The summed E-state index contributed by atoms with van der Waals surface area (Å²) in [6.07, 6.45) is -0.576. The van der Waals surface area contributed by atoms with E-state index in [0.717, 1.165) is 12.1 Å². The Hall–Kier alpha value is -4.06. The number of halogens is 3. The van der Waals surface area contributed by atoms with Crippen molar-refractivity contribution < 1.29 is 27.9 Å². The number of fused-ring (bicyclic) bond motifs is 2. The van der Waals surface area contributed by atoms with Gasteiger partial charge in [0.1, 0.15) is 18.2 Å². The predicted molar refractivity (Wildman–Crippen MR) is 115 cm³/mol. The van der Waals surface area contributed by atoms with Gasteiger partial charge in [0, 0.05) is 34.9 Å². The van der Waals surface area contributed by atoms with Crippen molar-refractivity contribution in [1.82, 2.24) is 4.57 Å². The molecule has 0 atom stereocenters. The van der Waals surface area contributed by atoms with Crippen molar-refractivity contribution in [3.8, 4) is 6.07 Å². The summed E-state index contributed by atoms with van der Waals surface area (Å²) in [6.45, 7) is -0.114. The molecule has 1 aliphatic rings. The summed E-state index contributed by atoms with van der Waals surface area (Å²) in [5, 5.41) is 19.5. The lowest BCUT2D eigenvalue weighted by Gasteiger charge is -2.30. The fraction of sp³-hybridized carbons (Fsp3) is 0.208. The van der Waals surface area contributed by atoms with Crippen LogP contribution in [0.4, 0.5) is 18.9 Å². The zero-order valence-electron chi connectivity index (χ0n) is 17.3. The first kappa shape index (κ1) is 22.1. The van der Waals surface area contributed by atoms with Crippen LogP contribution < -0.4 is 4.90 Å². The molecule has 0 bridgehead atoms. The zero-order chi connectivity index (χ0) is 23.8. The Morgan fingerprint density at radius 3 is 2.64 bits per heavy atom. The van der Waals surface area contributed by atoms with Crippen LogP contribution in [0.25, 0.3) is 17.0 Å². The molecule has 9 heteroatoms. The highest BCUT2D eigenvalue weighted by Crippen LogP contribution is 2.36. The van der Waals surface area contributed by atoms with Gasteiger partial charge in [-0.1, -0.05) is 24.3 Å². The number of rotatable bonds is 4. The first-order chi connectivity index (χ1) is 15.7. The van der Waals surface area contributed by atoms with E-state index < -0.39 is 23.6 Å². The SMILES string of the molecule is N#CC(=Cc1cn(CC(=O)O)c2ccccc12)C(=O)N1CCCc2ccc(C(F)(F)F)cc21. The highest BCUT2D eigenvalue weighted by molar-refractivity contribution is 6.12. The summed E-state index contributed by atoms with van der Waals surface area (Å²) in [4.78, 5) is 25.6. The first-order valence-electron chi connectivity index (χ1n) is 10.1. The van der Waals surface area contributed by atoms with Crippen LogP contribution in [0.2, 0.25) is 0 Å². The number of carbonyl (C=O) groups excluding carboxylic acids is 1. The Morgan fingerprint density at radius 2 is 1.94 bits per heavy atom. The molecule has 0 fully saturated rings. The summed E-state index contributed by atoms with van der Waals surface area (Å²) < 4.78 is 41.2. The van der Waals surface area contributed by atoms with Gasteiger partial charge in [-0.15, -0.1) is 0 Å². The van der Waals surface area contributed by atoms with Gasteiger partial charge in [-0.2, -0.15) is 18.4 Å². The van der Waals surface area contributed by atoms with Crippen molar-refractivity contribution in [3.63, 3.8) is 0 Å². The molecule has 0 spiro atoms. The molecule has 0 radical (unpaired) electrons. The molecule has 1 N–H and O–H groups in total. The van der Waals surface area contributed by atoms with Gasteiger partial charge < -0.3 is 14.6 Å². The van der Waals surface area contributed by atoms with Crippen LogP contribution in [-0.4, -0.2) is 28.1 Å². The number of carboxylic acids is 1. The molecule has 3 aromatic rings. The van der Waals surface area contributed by atoms with Crippen LogP contribution >= 0.6 is 0 Å². The molecule has 1 aromatic heterocycles. The predicted octanol–water partition coefficient (Wildman–Crippen LogP) is 4.63. The number of carbonyl (C=O) groups is 2. The van der Waals surface area contributed by atoms with Crippen molar-refractivity contribution in [2.24, 2.45) is 0 Å². The lowest BCUT2D eigenvalue weighted by molar-refractivity contribution is -0.138. The summed E-state index contributed by atoms with van der Waals surface area (Å²) >= 11 is 0. The number of nitriles is 1. The smallest absolute Gasteiger partial charge is 0.416 e. The van der Waals surface area contributed by atoms with Gasteiger partial charge >= 0.3 is 12.1 Å². The maximum atomic E-state index is 13.2. The molecule has 2 aromatic carbocycles. The molecule has 0 unspecified atom stereocenters. The monoisotopic (exact) mass is 453 g/mol. The Morgan fingerprint density at radius 1 is 1.18 bits per heavy atom. The number of benzene rings is 2. The van der Waals surface area contributed by atoms with Gasteiger partial charge in [0.2, 0.25) is 0 Å². The third-order valence-electron chi connectivity index (χ3n) is 5.55. The normalized spacial score (nSPS) is 14.1. The minimum Gasteiger partial charge on any atom is -0.480 e. The molecule has 168 valence electrons. The maximum Gasteiger partial charge on any atom is 0.416 e. The van der Waals surface area contributed by atoms with Gasteiger partial charge in [-0.05, 0) is 42.7 Å². The van der Waals surface area contributed by atoms with Crippen LogP contribution in [0.5, 0.6) is 0 Å². The average Bonchev–Trinajstić information content (AvgIpc) is 3.12. The van der Waals surface area contributed by atoms with E-state index >= 15 is 0 Å². The van der Waals surface area contributed by atoms with E-state index in [2.05, 4.69) is 0 Å². The van der Waals surface area contributed by atoms with Crippen molar-refractivity contribution in [3.05, 3.63) is 70.9 Å². The molecule has 0 saturated carbocycles. The standard InChI is InChI=1S/C24H18F3N3O3/c25-24(26,27)18-8-7-15-4-3-9-30(21(15)11-18)23(33)16(12-28)10-17-13-29(14-22(31)32)20-6-2-1-5-19(17)20/h1-2,5-8,10-11,13H,3-4,9,14H2,(H,31,32). The summed E-state index contributed by atoms with van der Waals surface area (Å²) in [7, 11) is 0. The fourth-order valence-corrected chi connectivity index (χ4v) is 4.07. The number of alkyl halides is 3. The van der Waals surface area contributed by atoms with Gasteiger partial charge in [0.15, 0.2) is 0 Å². The van der Waals surface area contributed by atoms with E-state index in [0.29, 0.717) is 34.9 Å².